The Kier molecular flexibility index (Phi) is 3.29. The van der Waals surface area contributed by atoms with Crippen LogP contribution in [0.2, 0.25) is 0 Å². The lowest BCUT2D eigenvalue weighted by molar-refractivity contribution is 1.07. The summed E-state index contributed by atoms with van der Waals surface area (Å²) in [6.45, 7) is 0.671. The van der Waals surface area contributed by atoms with Gasteiger partial charge in [-0.25, -0.2) is 4.98 Å². The van der Waals surface area contributed by atoms with Crippen LogP contribution >= 0.6 is 11.6 Å². The van der Waals surface area contributed by atoms with E-state index in [2.05, 4.69) is 26.6 Å². The van der Waals surface area contributed by atoms with Crippen LogP contribution in [-0.4, -0.2) is 19.6 Å². The first-order valence-electron chi connectivity index (χ1n) is 5.89. The molecule has 6 heteroatoms. The van der Waals surface area contributed by atoms with Gasteiger partial charge in [0.25, 0.3) is 0 Å². The lowest BCUT2D eigenvalue weighted by atomic mass is 10.1. The molecular weight excluding hydrogens is 262 g/mol. The van der Waals surface area contributed by atoms with Crippen molar-refractivity contribution in [2.45, 2.75) is 12.4 Å². The SMILES string of the molecule is ClCc1cccc(CNc2nccn3cnnc23)c1. The van der Waals surface area contributed by atoms with Crippen molar-refractivity contribution in [3.63, 3.8) is 0 Å². The summed E-state index contributed by atoms with van der Waals surface area (Å²) >= 11 is 5.83. The monoisotopic (exact) mass is 273 g/mol. The number of anilines is 1. The van der Waals surface area contributed by atoms with E-state index < -0.39 is 0 Å². The average molecular weight is 274 g/mol. The summed E-state index contributed by atoms with van der Waals surface area (Å²) in [6, 6.07) is 8.13. The summed E-state index contributed by atoms with van der Waals surface area (Å²) in [5.41, 5.74) is 2.98. The number of fused-ring (bicyclic) bond motifs is 1. The van der Waals surface area contributed by atoms with Gasteiger partial charge in [-0.1, -0.05) is 24.3 Å². The highest BCUT2D eigenvalue weighted by atomic mass is 35.5. The number of nitrogens with zero attached hydrogens (tertiary/aromatic N) is 4. The first-order valence-corrected chi connectivity index (χ1v) is 6.42. The van der Waals surface area contributed by atoms with Crippen LogP contribution in [0.1, 0.15) is 11.1 Å². The third-order valence-electron chi connectivity index (χ3n) is 2.82. The van der Waals surface area contributed by atoms with Crippen molar-refractivity contribution < 1.29 is 0 Å². The zero-order valence-electron chi connectivity index (χ0n) is 10.1. The third-order valence-corrected chi connectivity index (χ3v) is 3.13. The molecule has 1 aromatic carbocycles. The molecule has 0 aliphatic heterocycles. The van der Waals surface area contributed by atoms with Crippen LogP contribution in [0.5, 0.6) is 0 Å². The van der Waals surface area contributed by atoms with Gasteiger partial charge in [0.1, 0.15) is 6.33 Å². The normalized spacial score (nSPS) is 10.8. The van der Waals surface area contributed by atoms with Crippen molar-refractivity contribution in [3.05, 3.63) is 54.1 Å². The molecule has 0 fully saturated rings. The van der Waals surface area contributed by atoms with Gasteiger partial charge in [0.2, 0.25) is 5.65 Å². The van der Waals surface area contributed by atoms with E-state index >= 15 is 0 Å². The number of benzene rings is 1. The first-order chi connectivity index (χ1) is 9.36. The predicted octanol–water partition coefficient (Wildman–Crippen LogP) is 2.48. The fourth-order valence-corrected chi connectivity index (χ4v) is 2.06. The Hall–Kier alpha value is -2.14. The number of nitrogens with one attached hydrogen (secondary N) is 1. The largest absolute Gasteiger partial charge is 0.363 e. The highest BCUT2D eigenvalue weighted by Crippen LogP contribution is 2.13. The number of rotatable bonds is 4. The van der Waals surface area contributed by atoms with E-state index in [1.807, 2.05) is 28.8 Å². The van der Waals surface area contributed by atoms with Gasteiger partial charge in [-0.2, -0.15) is 0 Å². The molecule has 5 nitrogen and oxygen atoms in total. The minimum Gasteiger partial charge on any atom is -0.363 e. The quantitative estimate of drug-likeness (QED) is 0.742. The van der Waals surface area contributed by atoms with Gasteiger partial charge in [0.05, 0.1) is 0 Å². The second-order valence-electron chi connectivity index (χ2n) is 4.14. The molecule has 0 bridgehead atoms. The summed E-state index contributed by atoms with van der Waals surface area (Å²) in [6.07, 6.45) is 5.18. The molecule has 3 aromatic rings. The molecule has 0 saturated heterocycles. The maximum absolute atomic E-state index is 5.83. The van der Waals surface area contributed by atoms with Crippen molar-refractivity contribution in [1.29, 1.82) is 0 Å². The Morgan fingerprint density at radius 2 is 2.16 bits per heavy atom. The average Bonchev–Trinajstić information content (AvgIpc) is 2.94. The second kappa shape index (κ2) is 5.24. The molecule has 0 atom stereocenters. The van der Waals surface area contributed by atoms with Gasteiger partial charge < -0.3 is 5.32 Å². The molecule has 0 amide bonds. The molecule has 0 saturated carbocycles. The fourth-order valence-electron chi connectivity index (χ4n) is 1.89. The number of halogens is 1. The summed E-state index contributed by atoms with van der Waals surface area (Å²) in [5, 5.41) is 11.2. The molecule has 96 valence electrons. The summed E-state index contributed by atoms with van der Waals surface area (Å²) in [7, 11) is 0. The maximum Gasteiger partial charge on any atom is 0.203 e. The smallest absolute Gasteiger partial charge is 0.203 e. The van der Waals surface area contributed by atoms with E-state index in [1.165, 1.54) is 0 Å². The molecule has 3 rings (SSSR count). The van der Waals surface area contributed by atoms with E-state index in [9.17, 15) is 0 Å². The van der Waals surface area contributed by atoms with Crippen molar-refractivity contribution in [2.75, 3.05) is 5.32 Å². The van der Waals surface area contributed by atoms with Gasteiger partial charge >= 0.3 is 0 Å². The van der Waals surface area contributed by atoms with Gasteiger partial charge in [0.15, 0.2) is 5.82 Å². The number of aromatic nitrogens is 4. The summed E-state index contributed by atoms with van der Waals surface area (Å²) in [5.74, 6) is 1.24. The van der Waals surface area contributed by atoms with E-state index in [0.29, 0.717) is 12.4 Å². The Morgan fingerprint density at radius 3 is 3.05 bits per heavy atom. The minimum atomic E-state index is 0.520. The molecule has 0 aliphatic carbocycles. The Balaban J connectivity index is 1.80. The zero-order valence-corrected chi connectivity index (χ0v) is 10.9. The van der Waals surface area contributed by atoms with Crippen LogP contribution in [0.3, 0.4) is 0 Å². The van der Waals surface area contributed by atoms with Crippen molar-refractivity contribution in [3.8, 4) is 0 Å². The van der Waals surface area contributed by atoms with Crippen LogP contribution in [0.4, 0.5) is 5.82 Å². The summed E-state index contributed by atoms with van der Waals surface area (Å²) in [4.78, 5) is 4.28. The van der Waals surface area contributed by atoms with Crippen LogP contribution in [0.25, 0.3) is 5.65 Å². The molecule has 0 radical (unpaired) electrons. The van der Waals surface area contributed by atoms with E-state index in [-0.39, 0.29) is 0 Å². The van der Waals surface area contributed by atoms with Gasteiger partial charge in [0, 0.05) is 24.8 Å². The predicted molar refractivity (Wildman–Crippen MR) is 74.1 cm³/mol. The number of hydrogen-bond acceptors (Lipinski definition) is 4. The molecule has 2 aromatic heterocycles. The lowest BCUT2D eigenvalue weighted by Gasteiger charge is -2.07. The fraction of sp³-hybridized carbons (Fsp3) is 0.154. The zero-order chi connectivity index (χ0) is 13.1. The van der Waals surface area contributed by atoms with E-state index in [1.54, 1.807) is 12.5 Å². The Bertz CT molecular complexity index is 694. The van der Waals surface area contributed by atoms with E-state index in [4.69, 9.17) is 11.6 Å². The molecule has 0 spiro atoms. The van der Waals surface area contributed by atoms with Gasteiger partial charge in [-0.3, -0.25) is 4.40 Å². The van der Waals surface area contributed by atoms with Crippen molar-refractivity contribution >= 4 is 23.1 Å². The van der Waals surface area contributed by atoms with Crippen LogP contribution < -0.4 is 5.32 Å². The second-order valence-corrected chi connectivity index (χ2v) is 4.41. The van der Waals surface area contributed by atoms with Gasteiger partial charge in [-0.15, -0.1) is 21.8 Å². The van der Waals surface area contributed by atoms with Crippen LogP contribution in [0.15, 0.2) is 43.0 Å². The minimum absolute atomic E-state index is 0.520. The Labute approximate surface area is 115 Å². The molecular formula is C13H12ClN5. The molecule has 1 N–H and O–H groups in total. The molecule has 0 aliphatic rings. The van der Waals surface area contributed by atoms with Gasteiger partial charge in [-0.05, 0) is 11.1 Å². The van der Waals surface area contributed by atoms with Crippen LogP contribution in [0, 0.1) is 0 Å². The number of alkyl halides is 1. The lowest BCUT2D eigenvalue weighted by Crippen LogP contribution is -2.03. The van der Waals surface area contributed by atoms with Crippen molar-refractivity contribution in [2.24, 2.45) is 0 Å². The third kappa shape index (κ3) is 2.51. The maximum atomic E-state index is 5.83. The van der Waals surface area contributed by atoms with Crippen LogP contribution in [-0.2, 0) is 12.4 Å². The molecule has 2 heterocycles. The Morgan fingerprint density at radius 1 is 1.26 bits per heavy atom. The standard InChI is InChI=1S/C13H12ClN5/c14-7-10-2-1-3-11(6-10)8-16-12-13-18-17-9-19(13)5-4-15-12/h1-6,9H,7-8H2,(H,15,16). The molecule has 19 heavy (non-hydrogen) atoms. The van der Waals surface area contributed by atoms with E-state index in [0.717, 1.165) is 22.6 Å². The highest BCUT2D eigenvalue weighted by Gasteiger charge is 2.04. The molecule has 0 unspecified atom stereocenters. The first kappa shape index (κ1) is 11.9. The summed E-state index contributed by atoms with van der Waals surface area (Å²) < 4.78 is 1.82. The highest BCUT2D eigenvalue weighted by molar-refractivity contribution is 6.17. The topological polar surface area (TPSA) is 55.1 Å². The number of hydrogen-bond donors (Lipinski definition) is 1. The van der Waals surface area contributed by atoms with Crippen molar-refractivity contribution in [1.82, 2.24) is 19.6 Å².